The molecule has 0 aliphatic rings. The topological polar surface area (TPSA) is 22.4 Å². The summed E-state index contributed by atoms with van der Waals surface area (Å²) in [5.41, 5.74) is 1.63. The maximum Gasteiger partial charge on any atom is 0.165 e. The third kappa shape index (κ3) is 1.48. The summed E-state index contributed by atoms with van der Waals surface area (Å²) in [6, 6.07) is 6.58. The molecule has 0 saturated heterocycles. The fraction of sp³-hybridized carbons (Fsp3) is 0.0909. The lowest BCUT2D eigenvalue weighted by Crippen LogP contribution is -1.87. The zero-order chi connectivity index (χ0) is 9.97. The van der Waals surface area contributed by atoms with Gasteiger partial charge in [0.25, 0.3) is 0 Å². The summed E-state index contributed by atoms with van der Waals surface area (Å²) >= 11 is 0. The minimum absolute atomic E-state index is 0.247. The molecule has 14 heavy (non-hydrogen) atoms. The van der Waals surface area contributed by atoms with Gasteiger partial charge in [0.15, 0.2) is 11.6 Å². The number of hydrogen-bond acceptors (Lipinski definition) is 2. The number of methoxy groups -OCH3 is 1. The van der Waals surface area contributed by atoms with E-state index >= 15 is 0 Å². The summed E-state index contributed by atoms with van der Waals surface area (Å²) in [7, 11) is 1.44. The second-order valence-electron chi connectivity index (χ2n) is 2.86. The van der Waals surface area contributed by atoms with Crippen molar-refractivity contribution in [2.75, 3.05) is 7.11 Å². The van der Waals surface area contributed by atoms with Crippen molar-refractivity contribution >= 4 is 0 Å². The van der Waals surface area contributed by atoms with Gasteiger partial charge >= 0.3 is 0 Å². The zero-order valence-corrected chi connectivity index (χ0v) is 7.66. The van der Waals surface area contributed by atoms with Crippen molar-refractivity contribution in [2.45, 2.75) is 0 Å². The van der Waals surface area contributed by atoms with Crippen molar-refractivity contribution in [3.63, 3.8) is 0 Å². The Kier molecular flexibility index (Phi) is 2.23. The highest BCUT2D eigenvalue weighted by Gasteiger charge is 2.05. The zero-order valence-electron chi connectivity index (χ0n) is 7.66. The van der Waals surface area contributed by atoms with Crippen LogP contribution in [0.1, 0.15) is 0 Å². The third-order valence-electron chi connectivity index (χ3n) is 2.01. The second kappa shape index (κ2) is 3.54. The van der Waals surface area contributed by atoms with Gasteiger partial charge in [-0.25, -0.2) is 4.39 Å². The molecule has 1 aromatic heterocycles. The molecule has 0 fully saturated rings. The Hall–Kier alpha value is -1.77. The van der Waals surface area contributed by atoms with Crippen LogP contribution in [0.15, 0.2) is 41.2 Å². The van der Waals surface area contributed by atoms with Gasteiger partial charge in [-0.3, -0.25) is 0 Å². The van der Waals surface area contributed by atoms with Crippen LogP contribution in [-0.4, -0.2) is 7.11 Å². The predicted octanol–water partition coefficient (Wildman–Crippen LogP) is 3.09. The van der Waals surface area contributed by atoms with E-state index in [1.165, 1.54) is 13.2 Å². The van der Waals surface area contributed by atoms with Crippen LogP contribution in [0.5, 0.6) is 5.75 Å². The van der Waals surface area contributed by atoms with Crippen LogP contribution in [0.4, 0.5) is 4.39 Å². The predicted molar refractivity (Wildman–Crippen MR) is 50.7 cm³/mol. The molecular weight excluding hydrogens is 183 g/mol. The molecule has 0 N–H and O–H groups in total. The Bertz CT molecular complexity index is 421. The molecule has 2 nitrogen and oxygen atoms in total. The highest BCUT2D eigenvalue weighted by atomic mass is 19.1. The van der Waals surface area contributed by atoms with Crippen LogP contribution in [0, 0.1) is 5.82 Å². The standard InChI is InChI=1S/C11H9FO2/c1-13-11-3-2-8(6-10(11)12)9-4-5-14-7-9/h2-7H,1H3. The molecule has 72 valence electrons. The number of halogens is 1. The van der Waals surface area contributed by atoms with Gasteiger partial charge in [-0.05, 0) is 23.8 Å². The summed E-state index contributed by atoms with van der Waals surface area (Å²) in [5.74, 6) is -0.122. The number of furan rings is 1. The second-order valence-corrected chi connectivity index (χ2v) is 2.86. The number of rotatable bonds is 2. The molecule has 0 unspecified atom stereocenters. The molecule has 1 aromatic carbocycles. The molecule has 0 amide bonds. The van der Waals surface area contributed by atoms with E-state index in [4.69, 9.17) is 9.15 Å². The van der Waals surface area contributed by atoms with Gasteiger partial charge in [-0.1, -0.05) is 6.07 Å². The van der Waals surface area contributed by atoms with Crippen molar-refractivity contribution in [2.24, 2.45) is 0 Å². The molecule has 0 radical (unpaired) electrons. The van der Waals surface area contributed by atoms with E-state index in [-0.39, 0.29) is 11.6 Å². The van der Waals surface area contributed by atoms with E-state index in [0.717, 1.165) is 11.1 Å². The van der Waals surface area contributed by atoms with Crippen LogP contribution in [-0.2, 0) is 0 Å². The minimum atomic E-state index is -0.369. The van der Waals surface area contributed by atoms with Crippen molar-refractivity contribution in [1.82, 2.24) is 0 Å². The van der Waals surface area contributed by atoms with E-state index in [0.29, 0.717) is 0 Å². The fourth-order valence-corrected chi connectivity index (χ4v) is 1.27. The van der Waals surface area contributed by atoms with Crippen LogP contribution in [0.3, 0.4) is 0 Å². The lowest BCUT2D eigenvalue weighted by molar-refractivity contribution is 0.386. The monoisotopic (exact) mass is 192 g/mol. The Balaban J connectivity index is 2.43. The van der Waals surface area contributed by atoms with Crippen molar-refractivity contribution in [3.05, 3.63) is 42.6 Å². The van der Waals surface area contributed by atoms with Gasteiger partial charge in [0, 0.05) is 5.56 Å². The van der Waals surface area contributed by atoms with E-state index in [1.807, 2.05) is 0 Å². The third-order valence-corrected chi connectivity index (χ3v) is 2.01. The van der Waals surface area contributed by atoms with Crippen molar-refractivity contribution in [1.29, 1.82) is 0 Å². The SMILES string of the molecule is COc1ccc(-c2ccoc2)cc1F. The maximum absolute atomic E-state index is 13.3. The molecule has 3 heteroatoms. The number of hydrogen-bond donors (Lipinski definition) is 0. The average molecular weight is 192 g/mol. The molecule has 1 heterocycles. The Morgan fingerprint density at radius 1 is 1.21 bits per heavy atom. The van der Waals surface area contributed by atoms with Gasteiger partial charge in [0.1, 0.15) is 0 Å². The van der Waals surface area contributed by atoms with Crippen LogP contribution >= 0.6 is 0 Å². The van der Waals surface area contributed by atoms with Crippen LogP contribution in [0.2, 0.25) is 0 Å². The van der Waals surface area contributed by atoms with Crippen molar-refractivity contribution in [3.8, 4) is 16.9 Å². The Morgan fingerprint density at radius 3 is 2.64 bits per heavy atom. The average Bonchev–Trinajstić information content (AvgIpc) is 2.70. The van der Waals surface area contributed by atoms with Crippen molar-refractivity contribution < 1.29 is 13.5 Å². The normalized spacial score (nSPS) is 10.1. The first-order valence-electron chi connectivity index (χ1n) is 4.17. The number of benzene rings is 1. The molecule has 0 aliphatic carbocycles. The van der Waals surface area contributed by atoms with Gasteiger partial charge < -0.3 is 9.15 Å². The highest BCUT2D eigenvalue weighted by molar-refractivity contribution is 5.62. The molecular formula is C11H9FO2. The number of ether oxygens (including phenoxy) is 1. The van der Waals surface area contributed by atoms with Gasteiger partial charge in [0.05, 0.1) is 19.6 Å². The summed E-state index contributed by atoms with van der Waals surface area (Å²) in [6.45, 7) is 0. The summed E-state index contributed by atoms with van der Waals surface area (Å²) < 4.78 is 23.0. The van der Waals surface area contributed by atoms with E-state index in [9.17, 15) is 4.39 Å². The quantitative estimate of drug-likeness (QED) is 0.729. The largest absolute Gasteiger partial charge is 0.494 e. The molecule has 0 atom stereocenters. The first kappa shape index (κ1) is 8.81. The lowest BCUT2D eigenvalue weighted by atomic mass is 10.1. The van der Waals surface area contributed by atoms with E-state index < -0.39 is 0 Å². The molecule has 0 saturated carbocycles. The molecule has 2 rings (SSSR count). The smallest absolute Gasteiger partial charge is 0.165 e. The fourth-order valence-electron chi connectivity index (χ4n) is 1.27. The van der Waals surface area contributed by atoms with Crippen LogP contribution in [0.25, 0.3) is 11.1 Å². The summed E-state index contributed by atoms with van der Waals surface area (Å²) in [4.78, 5) is 0. The first-order chi connectivity index (χ1) is 6.81. The lowest BCUT2D eigenvalue weighted by Gasteiger charge is -2.02. The van der Waals surface area contributed by atoms with Crippen LogP contribution < -0.4 is 4.74 Å². The molecule has 0 spiro atoms. The highest BCUT2D eigenvalue weighted by Crippen LogP contribution is 2.25. The minimum Gasteiger partial charge on any atom is -0.494 e. The first-order valence-corrected chi connectivity index (χ1v) is 4.17. The Labute approximate surface area is 80.9 Å². The maximum atomic E-state index is 13.3. The van der Waals surface area contributed by atoms with Gasteiger partial charge in [0.2, 0.25) is 0 Å². The molecule has 0 aliphatic heterocycles. The molecule has 0 bridgehead atoms. The Morgan fingerprint density at radius 2 is 2.07 bits per heavy atom. The summed E-state index contributed by atoms with van der Waals surface area (Å²) in [6.07, 6.45) is 3.12. The van der Waals surface area contributed by atoms with Gasteiger partial charge in [-0.2, -0.15) is 0 Å². The van der Waals surface area contributed by atoms with E-state index in [1.54, 1.807) is 30.7 Å². The summed E-state index contributed by atoms with van der Waals surface area (Å²) in [5, 5.41) is 0. The van der Waals surface area contributed by atoms with E-state index in [2.05, 4.69) is 0 Å². The van der Waals surface area contributed by atoms with Gasteiger partial charge in [-0.15, -0.1) is 0 Å². The molecule has 2 aromatic rings.